The Bertz CT molecular complexity index is 87.1. The standard InChI is InChI=1S/C7H13Br/c1-6(5-8)7(2,3)4/h1,5H2,2-4H3. The van der Waals surface area contributed by atoms with Crippen LogP contribution in [0.5, 0.6) is 0 Å². The number of halogens is 1. The summed E-state index contributed by atoms with van der Waals surface area (Å²) in [4.78, 5) is 0. The molecule has 0 aromatic heterocycles. The highest BCUT2D eigenvalue weighted by atomic mass is 79.9. The van der Waals surface area contributed by atoms with Gasteiger partial charge in [0.1, 0.15) is 0 Å². The lowest BCUT2D eigenvalue weighted by Gasteiger charge is -2.19. The third-order valence-electron chi connectivity index (χ3n) is 1.22. The third kappa shape index (κ3) is 2.51. The zero-order valence-corrected chi connectivity index (χ0v) is 7.38. The van der Waals surface area contributed by atoms with Crippen LogP contribution in [0.1, 0.15) is 20.8 Å². The van der Waals surface area contributed by atoms with Crippen molar-refractivity contribution < 1.29 is 0 Å². The fraction of sp³-hybridized carbons (Fsp3) is 0.714. The first-order chi connectivity index (χ1) is 3.48. The minimum absolute atomic E-state index is 0.267. The Labute approximate surface area is 60.1 Å². The fourth-order valence-corrected chi connectivity index (χ4v) is 1.04. The maximum atomic E-state index is 3.90. The van der Waals surface area contributed by atoms with Crippen LogP contribution in [0.4, 0.5) is 0 Å². The van der Waals surface area contributed by atoms with Crippen LogP contribution in [0.3, 0.4) is 0 Å². The number of hydrogen-bond donors (Lipinski definition) is 0. The van der Waals surface area contributed by atoms with E-state index in [-0.39, 0.29) is 5.41 Å². The van der Waals surface area contributed by atoms with Crippen molar-refractivity contribution in [1.82, 2.24) is 0 Å². The van der Waals surface area contributed by atoms with E-state index in [0.29, 0.717) is 0 Å². The van der Waals surface area contributed by atoms with E-state index in [9.17, 15) is 0 Å². The van der Waals surface area contributed by atoms with Crippen LogP contribution in [-0.2, 0) is 0 Å². The van der Waals surface area contributed by atoms with Crippen LogP contribution >= 0.6 is 15.9 Å². The zero-order valence-electron chi connectivity index (χ0n) is 5.79. The number of rotatable bonds is 1. The summed E-state index contributed by atoms with van der Waals surface area (Å²) in [6.45, 7) is 10.4. The van der Waals surface area contributed by atoms with Crippen LogP contribution in [0, 0.1) is 5.41 Å². The molecule has 0 atom stereocenters. The van der Waals surface area contributed by atoms with E-state index in [2.05, 4.69) is 43.3 Å². The van der Waals surface area contributed by atoms with E-state index >= 15 is 0 Å². The molecule has 0 N–H and O–H groups in total. The Morgan fingerprint density at radius 2 is 1.88 bits per heavy atom. The summed E-state index contributed by atoms with van der Waals surface area (Å²) in [6, 6.07) is 0. The summed E-state index contributed by atoms with van der Waals surface area (Å²) in [5.74, 6) is 0. The fourth-order valence-electron chi connectivity index (χ4n) is 0.200. The Balaban J connectivity index is 3.82. The van der Waals surface area contributed by atoms with Crippen molar-refractivity contribution in [3.05, 3.63) is 12.2 Å². The number of allylic oxidation sites excluding steroid dienone is 1. The molecule has 0 nitrogen and oxygen atoms in total. The van der Waals surface area contributed by atoms with Crippen molar-refractivity contribution in [2.75, 3.05) is 5.33 Å². The van der Waals surface area contributed by atoms with Crippen LogP contribution < -0.4 is 0 Å². The van der Waals surface area contributed by atoms with Gasteiger partial charge < -0.3 is 0 Å². The highest BCUT2D eigenvalue weighted by Crippen LogP contribution is 2.24. The van der Waals surface area contributed by atoms with Crippen LogP contribution in [-0.4, -0.2) is 5.33 Å². The molecule has 0 aliphatic rings. The van der Waals surface area contributed by atoms with Gasteiger partial charge in [-0.25, -0.2) is 0 Å². The first kappa shape index (κ1) is 8.22. The van der Waals surface area contributed by atoms with Crippen LogP contribution in [0.25, 0.3) is 0 Å². The summed E-state index contributed by atoms with van der Waals surface area (Å²) in [7, 11) is 0. The van der Waals surface area contributed by atoms with Crippen molar-refractivity contribution in [3.63, 3.8) is 0 Å². The van der Waals surface area contributed by atoms with E-state index < -0.39 is 0 Å². The molecule has 0 aliphatic carbocycles. The normalized spacial score (nSPS) is 11.5. The van der Waals surface area contributed by atoms with Gasteiger partial charge in [-0.05, 0) is 5.41 Å². The molecule has 0 aliphatic heterocycles. The van der Waals surface area contributed by atoms with Gasteiger partial charge in [-0.15, -0.1) is 0 Å². The lowest BCUT2D eigenvalue weighted by Crippen LogP contribution is -2.08. The Morgan fingerprint density at radius 3 is 1.88 bits per heavy atom. The van der Waals surface area contributed by atoms with Crippen molar-refractivity contribution in [1.29, 1.82) is 0 Å². The van der Waals surface area contributed by atoms with E-state index in [4.69, 9.17) is 0 Å². The third-order valence-corrected chi connectivity index (χ3v) is 1.90. The molecule has 0 saturated heterocycles. The Morgan fingerprint density at radius 1 is 1.50 bits per heavy atom. The van der Waals surface area contributed by atoms with Crippen molar-refractivity contribution in [2.45, 2.75) is 20.8 Å². The molecule has 0 amide bonds. The molecule has 0 fully saturated rings. The summed E-state index contributed by atoms with van der Waals surface area (Å²) in [5, 5.41) is 0.913. The molecule has 0 radical (unpaired) electrons. The average Bonchev–Trinajstić information content (AvgIpc) is 1.62. The second-order valence-electron chi connectivity index (χ2n) is 2.99. The van der Waals surface area contributed by atoms with Gasteiger partial charge in [0.05, 0.1) is 0 Å². The van der Waals surface area contributed by atoms with Gasteiger partial charge in [0.15, 0.2) is 0 Å². The Kier molecular flexibility index (Phi) is 2.75. The molecule has 8 heavy (non-hydrogen) atoms. The molecule has 0 rings (SSSR count). The predicted octanol–water partition coefficient (Wildman–Crippen LogP) is 2.98. The SMILES string of the molecule is C=C(CBr)C(C)(C)C. The smallest absolute Gasteiger partial charge is 0.0244 e. The molecule has 0 heterocycles. The van der Waals surface area contributed by atoms with Crippen LogP contribution in [0.15, 0.2) is 12.2 Å². The van der Waals surface area contributed by atoms with Gasteiger partial charge in [-0.1, -0.05) is 48.9 Å². The molecular weight excluding hydrogens is 164 g/mol. The molecule has 0 saturated carbocycles. The van der Waals surface area contributed by atoms with Gasteiger partial charge in [0, 0.05) is 5.33 Å². The van der Waals surface area contributed by atoms with Crippen molar-refractivity contribution in [2.24, 2.45) is 5.41 Å². The van der Waals surface area contributed by atoms with Gasteiger partial charge in [0.2, 0.25) is 0 Å². The quantitative estimate of drug-likeness (QED) is 0.426. The Hall–Kier alpha value is 0.220. The summed E-state index contributed by atoms with van der Waals surface area (Å²) in [5.41, 5.74) is 1.52. The maximum Gasteiger partial charge on any atom is 0.0244 e. The summed E-state index contributed by atoms with van der Waals surface area (Å²) in [6.07, 6.45) is 0. The molecule has 0 bridgehead atoms. The van der Waals surface area contributed by atoms with Crippen LogP contribution in [0.2, 0.25) is 0 Å². The first-order valence-electron chi connectivity index (χ1n) is 2.72. The van der Waals surface area contributed by atoms with Gasteiger partial charge >= 0.3 is 0 Å². The average molecular weight is 177 g/mol. The highest BCUT2D eigenvalue weighted by Gasteiger charge is 2.12. The lowest BCUT2D eigenvalue weighted by molar-refractivity contribution is 0.509. The van der Waals surface area contributed by atoms with Crippen molar-refractivity contribution in [3.8, 4) is 0 Å². The molecule has 0 aromatic rings. The van der Waals surface area contributed by atoms with Crippen molar-refractivity contribution >= 4 is 15.9 Å². The highest BCUT2D eigenvalue weighted by molar-refractivity contribution is 9.09. The minimum atomic E-state index is 0.267. The van der Waals surface area contributed by atoms with Gasteiger partial charge in [-0.3, -0.25) is 0 Å². The maximum absolute atomic E-state index is 3.90. The van der Waals surface area contributed by atoms with E-state index in [1.807, 2.05) is 0 Å². The molecule has 1 heteroatoms. The molecule has 48 valence electrons. The first-order valence-corrected chi connectivity index (χ1v) is 3.85. The molecule has 0 unspecified atom stereocenters. The predicted molar refractivity (Wildman–Crippen MR) is 42.4 cm³/mol. The van der Waals surface area contributed by atoms with E-state index in [1.165, 1.54) is 5.57 Å². The van der Waals surface area contributed by atoms with Gasteiger partial charge in [0.25, 0.3) is 0 Å². The molecule has 0 spiro atoms. The second kappa shape index (κ2) is 2.67. The topological polar surface area (TPSA) is 0 Å². The summed E-state index contributed by atoms with van der Waals surface area (Å²) < 4.78 is 0. The molecular formula is C7H13Br. The minimum Gasteiger partial charge on any atom is -0.0985 e. The zero-order chi connectivity index (χ0) is 6.78. The summed E-state index contributed by atoms with van der Waals surface area (Å²) >= 11 is 3.35. The van der Waals surface area contributed by atoms with E-state index in [0.717, 1.165) is 5.33 Å². The second-order valence-corrected chi connectivity index (χ2v) is 3.55. The van der Waals surface area contributed by atoms with Gasteiger partial charge in [-0.2, -0.15) is 0 Å². The number of alkyl halides is 1. The van der Waals surface area contributed by atoms with E-state index in [1.54, 1.807) is 0 Å². The lowest BCUT2D eigenvalue weighted by atomic mass is 9.89. The number of hydrogen-bond acceptors (Lipinski definition) is 0. The monoisotopic (exact) mass is 176 g/mol. The largest absolute Gasteiger partial charge is 0.0985 e. The molecule has 0 aromatic carbocycles.